The molecule has 0 radical (unpaired) electrons. The van der Waals surface area contributed by atoms with Crippen LogP contribution in [-0.4, -0.2) is 15.5 Å². The van der Waals surface area contributed by atoms with E-state index in [4.69, 9.17) is 15.6 Å². The lowest BCUT2D eigenvalue weighted by atomic mass is 10.1. The van der Waals surface area contributed by atoms with Gasteiger partial charge in [0.05, 0.1) is 7.11 Å². The summed E-state index contributed by atoms with van der Waals surface area (Å²) in [5.74, 6) is 0.254. The van der Waals surface area contributed by atoms with Gasteiger partial charge < -0.3 is 10.5 Å². The van der Waals surface area contributed by atoms with Gasteiger partial charge in [-0.1, -0.05) is 13.3 Å². The van der Waals surface area contributed by atoms with Gasteiger partial charge in [-0.15, -0.1) is 0 Å². The molecule has 0 saturated heterocycles. The number of ether oxygens (including phenoxy) is 1. The lowest BCUT2D eigenvalue weighted by molar-refractivity contribution is 0.397. The number of hydrogen-bond donors (Lipinski definition) is 2. The molecule has 0 unspecified atom stereocenters. The number of methoxy groups -OCH3 is 1. The fourth-order valence-electron chi connectivity index (χ4n) is 1.58. The molecule has 1 rings (SSSR count). The molecule has 6 heteroatoms. The first-order chi connectivity index (χ1) is 7.41. The van der Waals surface area contributed by atoms with E-state index in [9.17, 15) is 8.42 Å². The Labute approximate surface area is 95.4 Å². The second-order valence-corrected chi connectivity index (χ2v) is 4.99. The molecule has 0 spiro atoms. The zero-order chi connectivity index (χ0) is 12.3. The summed E-state index contributed by atoms with van der Waals surface area (Å²) in [6, 6.07) is 2.90. The summed E-state index contributed by atoms with van der Waals surface area (Å²) in [4.78, 5) is -0.0207. The van der Waals surface area contributed by atoms with Crippen molar-refractivity contribution in [3.8, 4) is 5.75 Å². The van der Waals surface area contributed by atoms with Crippen LogP contribution in [0.1, 0.15) is 18.9 Å². The van der Waals surface area contributed by atoms with E-state index in [1.54, 1.807) is 0 Å². The number of sulfonamides is 1. The number of nitrogen functional groups attached to an aromatic ring is 1. The van der Waals surface area contributed by atoms with Crippen molar-refractivity contribution in [1.29, 1.82) is 0 Å². The Kier molecular flexibility index (Phi) is 3.77. The Morgan fingerprint density at radius 2 is 2.00 bits per heavy atom. The second-order valence-electron chi connectivity index (χ2n) is 3.46. The van der Waals surface area contributed by atoms with Crippen molar-refractivity contribution < 1.29 is 13.2 Å². The summed E-state index contributed by atoms with van der Waals surface area (Å²) < 4.78 is 27.8. The zero-order valence-corrected chi connectivity index (χ0v) is 10.2. The first kappa shape index (κ1) is 12.8. The average Bonchev–Trinajstić information content (AvgIpc) is 2.19. The van der Waals surface area contributed by atoms with Crippen molar-refractivity contribution in [2.24, 2.45) is 5.14 Å². The molecule has 0 atom stereocenters. The Morgan fingerprint density at radius 1 is 1.38 bits per heavy atom. The SMILES string of the molecule is CCCc1c(N)ccc(S(N)(=O)=O)c1OC. The third-order valence-corrected chi connectivity index (χ3v) is 3.21. The highest BCUT2D eigenvalue weighted by Crippen LogP contribution is 2.32. The third kappa shape index (κ3) is 2.45. The molecule has 1 aromatic carbocycles. The van der Waals surface area contributed by atoms with Gasteiger partial charge in [-0.3, -0.25) is 0 Å². The van der Waals surface area contributed by atoms with Crippen molar-refractivity contribution in [3.63, 3.8) is 0 Å². The quantitative estimate of drug-likeness (QED) is 0.768. The molecule has 4 N–H and O–H groups in total. The fraction of sp³-hybridized carbons (Fsp3) is 0.400. The van der Waals surface area contributed by atoms with Gasteiger partial charge in [0.1, 0.15) is 10.6 Å². The lowest BCUT2D eigenvalue weighted by Crippen LogP contribution is -2.15. The van der Waals surface area contributed by atoms with E-state index in [1.165, 1.54) is 19.2 Å². The van der Waals surface area contributed by atoms with E-state index in [2.05, 4.69) is 0 Å². The van der Waals surface area contributed by atoms with Crippen LogP contribution in [0.2, 0.25) is 0 Å². The molecule has 0 saturated carbocycles. The molecule has 0 aliphatic rings. The summed E-state index contributed by atoms with van der Waals surface area (Å²) in [6.07, 6.45) is 1.49. The highest BCUT2D eigenvalue weighted by Gasteiger charge is 2.19. The standard InChI is InChI=1S/C10H16N2O3S/c1-3-4-7-8(11)5-6-9(10(7)15-2)16(12,13)14/h5-6H,3-4,11H2,1-2H3,(H2,12,13,14). The maximum Gasteiger partial charge on any atom is 0.241 e. The van der Waals surface area contributed by atoms with Gasteiger partial charge >= 0.3 is 0 Å². The Morgan fingerprint density at radius 3 is 2.44 bits per heavy atom. The first-order valence-electron chi connectivity index (χ1n) is 4.90. The van der Waals surface area contributed by atoms with Crippen LogP contribution in [0.5, 0.6) is 5.75 Å². The molecular weight excluding hydrogens is 228 g/mol. The predicted molar refractivity (Wildman–Crippen MR) is 62.8 cm³/mol. The van der Waals surface area contributed by atoms with Crippen LogP contribution in [0.15, 0.2) is 17.0 Å². The summed E-state index contributed by atoms with van der Waals surface area (Å²) >= 11 is 0. The van der Waals surface area contributed by atoms with Gasteiger partial charge in [0.2, 0.25) is 10.0 Å². The molecule has 5 nitrogen and oxygen atoms in total. The smallest absolute Gasteiger partial charge is 0.241 e. The topological polar surface area (TPSA) is 95.4 Å². The van der Waals surface area contributed by atoms with Gasteiger partial charge in [-0.25, -0.2) is 13.6 Å². The predicted octanol–water partition coefficient (Wildman–Crippen LogP) is 0.877. The zero-order valence-electron chi connectivity index (χ0n) is 9.36. The highest BCUT2D eigenvalue weighted by atomic mass is 32.2. The average molecular weight is 244 g/mol. The summed E-state index contributed by atoms with van der Waals surface area (Å²) in [5.41, 5.74) is 6.99. The molecular formula is C10H16N2O3S. The monoisotopic (exact) mass is 244 g/mol. The molecule has 90 valence electrons. The van der Waals surface area contributed by atoms with Crippen LogP contribution in [0.4, 0.5) is 5.69 Å². The number of anilines is 1. The van der Waals surface area contributed by atoms with E-state index in [0.717, 1.165) is 6.42 Å². The van der Waals surface area contributed by atoms with Crippen LogP contribution < -0.4 is 15.6 Å². The van der Waals surface area contributed by atoms with Crippen molar-refractivity contribution >= 4 is 15.7 Å². The Hall–Kier alpha value is -1.27. The van der Waals surface area contributed by atoms with Crippen LogP contribution >= 0.6 is 0 Å². The van der Waals surface area contributed by atoms with Gasteiger partial charge in [0.15, 0.2) is 0 Å². The van der Waals surface area contributed by atoms with Crippen LogP contribution in [0, 0.1) is 0 Å². The number of hydrogen-bond acceptors (Lipinski definition) is 4. The normalized spacial score (nSPS) is 11.4. The first-order valence-corrected chi connectivity index (χ1v) is 6.44. The van der Waals surface area contributed by atoms with E-state index < -0.39 is 10.0 Å². The molecule has 1 aromatic rings. The molecule has 16 heavy (non-hydrogen) atoms. The minimum absolute atomic E-state index is 0.0207. The molecule has 0 aliphatic heterocycles. The minimum atomic E-state index is -3.78. The maximum absolute atomic E-state index is 11.3. The van der Waals surface area contributed by atoms with Crippen molar-refractivity contribution in [2.45, 2.75) is 24.7 Å². The second kappa shape index (κ2) is 4.71. The van der Waals surface area contributed by atoms with Crippen molar-refractivity contribution in [1.82, 2.24) is 0 Å². The van der Waals surface area contributed by atoms with Crippen molar-refractivity contribution in [2.75, 3.05) is 12.8 Å². The van der Waals surface area contributed by atoms with Gasteiger partial charge in [0, 0.05) is 11.3 Å². The molecule has 0 aromatic heterocycles. The van der Waals surface area contributed by atoms with Gasteiger partial charge in [-0.05, 0) is 18.6 Å². The largest absolute Gasteiger partial charge is 0.495 e. The van der Waals surface area contributed by atoms with Crippen LogP contribution in [-0.2, 0) is 16.4 Å². The Bertz CT molecular complexity index is 483. The number of rotatable bonds is 4. The summed E-state index contributed by atoms with van der Waals surface area (Å²) in [6.45, 7) is 1.97. The number of primary sulfonamides is 1. The molecule has 0 bridgehead atoms. The molecule has 0 amide bonds. The molecule has 0 heterocycles. The van der Waals surface area contributed by atoms with Crippen LogP contribution in [0.25, 0.3) is 0 Å². The van der Waals surface area contributed by atoms with Gasteiger partial charge in [-0.2, -0.15) is 0 Å². The van der Waals surface area contributed by atoms with E-state index >= 15 is 0 Å². The van der Waals surface area contributed by atoms with Crippen LogP contribution in [0.3, 0.4) is 0 Å². The lowest BCUT2D eigenvalue weighted by Gasteiger charge is -2.14. The number of benzene rings is 1. The summed E-state index contributed by atoms with van der Waals surface area (Å²) in [5, 5.41) is 5.10. The maximum atomic E-state index is 11.3. The Balaban J connectivity index is 3.49. The van der Waals surface area contributed by atoms with Gasteiger partial charge in [0.25, 0.3) is 0 Å². The summed E-state index contributed by atoms with van der Waals surface area (Å²) in [7, 11) is -2.38. The fourth-order valence-corrected chi connectivity index (χ4v) is 2.30. The van der Waals surface area contributed by atoms with E-state index in [0.29, 0.717) is 17.7 Å². The van der Waals surface area contributed by atoms with E-state index in [-0.39, 0.29) is 10.6 Å². The van der Waals surface area contributed by atoms with E-state index in [1.807, 2.05) is 6.92 Å². The number of nitrogens with two attached hydrogens (primary N) is 2. The minimum Gasteiger partial charge on any atom is -0.495 e. The molecule has 0 fully saturated rings. The third-order valence-electron chi connectivity index (χ3n) is 2.27. The molecule has 0 aliphatic carbocycles. The highest BCUT2D eigenvalue weighted by molar-refractivity contribution is 7.89. The van der Waals surface area contributed by atoms with Crippen molar-refractivity contribution in [3.05, 3.63) is 17.7 Å².